The van der Waals surface area contributed by atoms with Crippen LogP contribution in [-0.4, -0.2) is 88.6 Å². The summed E-state index contributed by atoms with van der Waals surface area (Å²) in [5.74, 6) is -3.23. The maximum Gasteiger partial charge on any atom is 0.326 e. The molecule has 42 heavy (non-hydrogen) atoms. The fourth-order valence-corrected chi connectivity index (χ4v) is 4.61. The Morgan fingerprint density at radius 3 is 1.67 bits per heavy atom. The van der Waals surface area contributed by atoms with Gasteiger partial charge in [0.05, 0.1) is 6.61 Å². The molecule has 0 aliphatic rings. The first-order valence-electron chi connectivity index (χ1n) is 14.1. The summed E-state index contributed by atoms with van der Waals surface area (Å²) < 4.78 is 0. The van der Waals surface area contributed by atoms with Crippen molar-refractivity contribution in [2.24, 2.45) is 17.6 Å². The van der Waals surface area contributed by atoms with Crippen LogP contribution in [0.15, 0.2) is 30.3 Å². The van der Waals surface area contributed by atoms with Gasteiger partial charge in [0.15, 0.2) is 0 Å². The SMILES string of the molecule is CSCC[C@H](NC(=O)[C@H](CC(C)C)NC(=O)[C@H](Cc1ccccc1)NC(=O)[C@H](CC(C)C)NC(=O)[C@@H](N)CO)C(=O)O. The van der Waals surface area contributed by atoms with E-state index >= 15 is 0 Å². The maximum atomic E-state index is 13.6. The van der Waals surface area contributed by atoms with Crippen molar-refractivity contribution in [2.75, 3.05) is 18.6 Å². The standard InChI is InChI=1S/C29H47N5O7S/c1-17(2)13-22(32-25(36)20(30)16-35)27(38)34-24(15-19-9-7-6-8-10-19)28(39)33-23(14-18(3)4)26(37)31-21(29(40)41)11-12-42-5/h6-10,17-18,20-24,35H,11-16,30H2,1-5H3,(H,31,37)(H,32,36)(H,33,39)(H,34,38)(H,40,41)/t20-,21-,22-,23-,24-/m0/s1. The molecule has 0 fully saturated rings. The molecule has 13 heteroatoms. The summed E-state index contributed by atoms with van der Waals surface area (Å²) in [6, 6.07) is 3.48. The number of hydrogen-bond donors (Lipinski definition) is 7. The zero-order valence-corrected chi connectivity index (χ0v) is 25.9. The predicted octanol–water partition coefficient (Wildman–Crippen LogP) is 0.418. The number of carbonyl (C=O) groups excluding carboxylic acids is 4. The van der Waals surface area contributed by atoms with Crippen LogP contribution >= 0.6 is 11.8 Å². The lowest BCUT2D eigenvalue weighted by molar-refractivity contribution is -0.142. The van der Waals surface area contributed by atoms with Gasteiger partial charge in [0.1, 0.15) is 30.2 Å². The number of carboxylic acid groups (broad SMARTS) is 1. The molecule has 1 aromatic carbocycles. The van der Waals surface area contributed by atoms with Crippen LogP contribution < -0.4 is 27.0 Å². The van der Waals surface area contributed by atoms with Gasteiger partial charge in [-0.05, 0) is 48.7 Å². The lowest BCUT2D eigenvalue weighted by Crippen LogP contribution is -2.59. The van der Waals surface area contributed by atoms with Crippen LogP contribution in [0.3, 0.4) is 0 Å². The largest absolute Gasteiger partial charge is 0.480 e. The highest BCUT2D eigenvalue weighted by Crippen LogP contribution is 2.11. The van der Waals surface area contributed by atoms with E-state index in [0.717, 1.165) is 5.56 Å². The molecule has 8 N–H and O–H groups in total. The van der Waals surface area contributed by atoms with Crippen molar-refractivity contribution in [1.29, 1.82) is 0 Å². The summed E-state index contributed by atoms with van der Waals surface area (Å²) in [4.78, 5) is 64.3. The summed E-state index contributed by atoms with van der Waals surface area (Å²) in [5.41, 5.74) is 6.36. The molecule has 0 radical (unpaired) electrons. The molecule has 0 aliphatic heterocycles. The molecule has 12 nitrogen and oxygen atoms in total. The first kappa shape index (κ1) is 36.9. The van der Waals surface area contributed by atoms with Crippen LogP contribution in [0.1, 0.15) is 52.5 Å². The minimum atomic E-state index is -1.21. The van der Waals surface area contributed by atoms with Gasteiger partial charge >= 0.3 is 5.97 Å². The van der Waals surface area contributed by atoms with Crippen molar-refractivity contribution in [3.63, 3.8) is 0 Å². The smallest absolute Gasteiger partial charge is 0.326 e. The number of hydrogen-bond acceptors (Lipinski definition) is 8. The van der Waals surface area contributed by atoms with E-state index in [-0.39, 0.29) is 37.5 Å². The van der Waals surface area contributed by atoms with Crippen LogP contribution in [-0.2, 0) is 30.4 Å². The van der Waals surface area contributed by atoms with E-state index in [9.17, 15) is 34.2 Å². The third kappa shape index (κ3) is 13.7. The molecule has 236 valence electrons. The van der Waals surface area contributed by atoms with Crippen molar-refractivity contribution in [1.82, 2.24) is 21.3 Å². The van der Waals surface area contributed by atoms with E-state index in [4.69, 9.17) is 5.73 Å². The zero-order chi connectivity index (χ0) is 31.8. The van der Waals surface area contributed by atoms with E-state index in [1.807, 2.05) is 40.0 Å². The van der Waals surface area contributed by atoms with E-state index in [0.29, 0.717) is 5.75 Å². The van der Waals surface area contributed by atoms with Gasteiger partial charge in [-0.15, -0.1) is 0 Å². The molecule has 5 atom stereocenters. The van der Waals surface area contributed by atoms with Gasteiger partial charge in [-0.1, -0.05) is 58.0 Å². The Hall–Kier alpha value is -3.16. The molecule has 0 heterocycles. The number of benzene rings is 1. The fraction of sp³-hybridized carbons (Fsp3) is 0.621. The Bertz CT molecular complexity index is 1020. The number of rotatable bonds is 19. The number of carbonyl (C=O) groups is 5. The van der Waals surface area contributed by atoms with Gasteiger partial charge in [-0.2, -0.15) is 11.8 Å². The van der Waals surface area contributed by atoms with Crippen molar-refractivity contribution in [2.45, 2.75) is 83.6 Å². The van der Waals surface area contributed by atoms with Crippen LogP contribution in [0.2, 0.25) is 0 Å². The molecular formula is C29H47N5O7S. The number of aliphatic hydroxyl groups is 1. The molecule has 0 saturated heterocycles. The average Bonchev–Trinajstić information content (AvgIpc) is 2.93. The Balaban J connectivity index is 3.24. The molecule has 0 aromatic heterocycles. The summed E-state index contributed by atoms with van der Waals surface area (Å²) >= 11 is 1.46. The van der Waals surface area contributed by atoms with E-state index in [1.165, 1.54) is 11.8 Å². The lowest BCUT2D eigenvalue weighted by Gasteiger charge is -2.27. The van der Waals surface area contributed by atoms with E-state index < -0.39 is 66.4 Å². The number of carboxylic acids is 1. The highest BCUT2D eigenvalue weighted by Gasteiger charge is 2.32. The van der Waals surface area contributed by atoms with Gasteiger partial charge in [0.25, 0.3) is 0 Å². The number of amides is 4. The molecule has 0 bridgehead atoms. The Kier molecular flexibility index (Phi) is 16.8. The topological polar surface area (TPSA) is 200 Å². The number of aliphatic carboxylic acids is 1. The highest BCUT2D eigenvalue weighted by molar-refractivity contribution is 7.98. The summed E-state index contributed by atoms with van der Waals surface area (Å²) in [6.07, 6.45) is 2.64. The Morgan fingerprint density at radius 1 is 0.762 bits per heavy atom. The van der Waals surface area contributed by atoms with Gasteiger partial charge < -0.3 is 37.2 Å². The molecule has 0 unspecified atom stereocenters. The van der Waals surface area contributed by atoms with Crippen molar-refractivity contribution < 1.29 is 34.2 Å². The third-order valence-corrected chi connectivity index (χ3v) is 7.00. The highest BCUT2D eigenvalue weighted by atomic mass is 32.2. The monoisotopic (exact) mass is 609 g/mol. The molecule has 0 aliphatic carbocycles. The minimum Gasteiger partial charge on any atom is -0.480 e. The van der Waals surface area contributed by atoms with Crippen molar-refractivity contribution in [3.8, 4) is 0 Å². The van der Waals surface area contributed by atoms with Crippen molar-refractivity contribution >= 4 is 41.4 Å². The molecule has 1 aromatic rings. The van der Waals surface area contributed by atoms with Gasteiger partial charge in [0.2, 0.25) is 23.6 Å². The quantitative estimate of drug-likeness (QED) is 0.116. The molecule has 4 amide bonds. The van der Waals surface area contributed by atoms with Crippen LogP contribution in [0.25, 0.3) is 0 Å². The lowest BCUT2D eigenvalue weighted by atomic mass is 9.99. The first-order chi connectivity index (χ1) is 19.8. The second-order valence-corrected chi connectivity index (χ2v) is 12.1. The molecule has 0 spiro atoms. The maximum absolute atomic E-state index is 13.6. The second-order valence-electron chi connectivity index (χ2n) is 11.1. The van der Waals surface area contributed by atoms with Crippen LogP contribution in [0.4, 0.5) is 0 Å². The predicted molar refractivity (Wildman–Crippen MR) is 162 cm³/mol. The van der Waals surface area contributed by atoms with Crippen LogP contribution in [0.5, 0.6) is 0 Å². The third-order valence-electron chi connectivity index (χ3n) is 6.35. The average molecular weight is 610 g/mol. The number of thioether (sulfide) groups is 1. The number of aliphatic hydroxyl groups excluding tert-OH is 1. The molecule has 1 rings (SSSR count). The van der Waals surface area contributed by atoms with E-state index in [1.54, 1.807) is 24.3 Å². The molecular weight excluding hydrogens is 562 g/mol. The van der Waals surface area contributed by atoms with Gasteiger partial charge in [0, 0.05) is 6.42 Å². The summed E-state index contributed by atoms with van der Waals surface area (Å²) in [5, 5.41) is 29.3. The molecule has 0 saturated carbocycles. The normalized spacial score (nSPS) is 14.8. The van der Waals surface area contributed by atoms with Gasteiger partial charge in [-0.25, -0.2) is 4.79 Å². The first-order valence-corrected chi connectivity index (χ1v) is 15.5. The Morgan fingerprint density at radius 2 is 1.21 bits per heavy atom. The van der Waals surface area contributed by atoms with E-state index in [2.05, 4.69) is 21.3 Å². The summed E-state index contributed by atoms with van der Waals surface area (Å²) in [6.45, 7) is 6.87. The second kappa shape index (κ2) is 19.1. The summed E-state index contributed by atoms with van der Waals surface area (Å²) in [7, 11) is 0. The van der Waals surface area contributed by atoms with Crippen molar-refractivity contribution in [3.05, 3.63) is 35.9 Å². The van der Waals surface area contributed by atoms with Gasteiger partial charge in [-0.3, -0.25) is 19.2 Å². The number of nitrogens with one attached hydrogen (secondary N) is 4. The van der Waals surface area contributed by atoms with Crippen LogP contribution in [0, 0.1) is 11.8 Å². The minimum absolute atomic E-state index is 0.000193. The Labute approximate surface area is 252 Å². The fourth-order valence-electron chi connectivity index (χ4n) is 4.14. The zero-order valence-electron chi connectivity index (χ0n) is 25.1. The number of nitrogens with two attached hydrogens (primary N) is 1.